The van der Waals surface area contributed by atoms with E-state index < -0.39 is 4.92 Å². The van der Waals surface area contributed by atoms with E-state index in [-0.39, 0.29) is 40.8 Å². The van der Waals surface area contributed by atoms with E-state index in [0.717, 1.165) is 25.7 Å². The fraction of sp³-hybridized carbons (Fsp3) is 0.556. The van der Waals surface area contributed by atoms with Crippen molar-refractivity contribution in [1.82, 2.24) is 5.32 Å². The van der Waals surface area contributed by atoms with Crippen LogP contribution in [0.3, 0.4) is 0 Å². The third-order valence-electron chi connectivity index (χ3n) is 4.44. The van der Waals surface area contributed by atoms with Crippen LogP contribution in [-0.4, -0.2) is 23.5 Å². The van der Waals surface area contributed by atoms with Gasteiger partial charge in [0, 0.05) is 18.0 Å². The molecule has 7 nitrogen and oxygen atoms in total. The molecule has 7 heteroatoms. The molecule has 1 aliphatic rings. The van der Waals surface area contributed by atoms with Gasteiger partial charge >= 0.3 is 0 Å². The van der Waals surface area contributed by atoms with Crippen LogP contribution in [0.5, 0.6) is 5.75 Å². The van der Waals surface area contributed by atoms with Gasteiger partial charge in [0.25, 0.3) is 5.69 Å². The van der Waals surface area contributed by atoms with Crippen LogP contribution in [0.1, 0.15) is 45.1 Å². The van der Waals surface area contributed by atoms with Crippen LogP contribution in [0.25, 0.3) is 0 Å². The molecule has 1 fully saturated rings. The highest BCUT2D eigenvalue weighted by atomic mass is 16.6. The van der Waals surface area contributed by atoms with Crippen molar-refractivity contribution >= 4 is 11.6 Å². The van der Waals surface area contributed by atoms with E-state index >= 15 is 0 Å². The van der Waals surface area contributed by atoms with Crippen LogP contribution in [-0.2, 0) is 4.79 Å². The number of nitriles is 1. The molecule has 1 aliphatic carbocycles. The van der Waals surface area contributed by atoms with Gasteiger partial charge in [0.05, 0.1) is 11.5 Å². The van der Waals surface area contributed by atoms with Gasteiger partial charge in [0.2, 0.25) is 5.91 Å². The highest BCUT2D eigenvalue weighted by molar-refractivity contribution is 5.78. The van der Waals surface area contributed by atoms with Crippen molar-refractivity contribution in [2.24, 2.45) is 11.8 Å². The monoisotopic (exact) mass is 345 g/mol. The summed E-state index contributed by atoms with van der Waals surface area (Å²) in [5.41, 5.74) is -0.286. The van der Waals surface area contributed by atoms with E-state index in [1.807, 2.05) is 19.9 Å². The molecule has 0 heterocycles. The van der Waals surface area contributed by atoms with Crippen LogP contribution in [0.15, 0.2) is 18.2 Å². The number of hydrogen-bond acceptors (Lipinski definition) is 5. The Labute approximate surface area is 147 Å². The molecular weight excluding hydrogens is 322 g/mol. The molecule has 1 aromatic carbocycles. The minimum absolute atomic E-state index is 0.0440. The van der Waals surface area contributed by atoms with Crippen LogP contribution < -0.4 is 10.1 Å². The van der Waals surface area contributed by atoms with Crippen LogP contribution in [0.4, 0.5) is 5.69 Å². The minimum atomic E-state index is -0.579. The first-order valence-corrected chi connectivity index (χ1v) is 8.53. The number of rotatable bonds is 6. The maximum absolute atomic E-state index is 12.0. The largest absolute Gasteiger partial charge is 0.492 e. The Morgan fingerprint density at radius 1 is 1.40 bits per heavy atom. The Kier molecular flexibility index (Phi) is 6.34. The quantitative estimate of drug-likeness (QED) is 0.629. The zero-order valence-corrected chi connectivity index (χ0v) is 14.5. The van der Waals surface area contributed by atoms with Gasteiger partial charge in [-0.05, 0) is 51.5 Å². The Balaban J connectivity index is 1.90. The van der Waals surface area contributed by atoms with E-state index in [2.05, 4.69) is 5.32 Å². The molecule has 0 bridgehead atoms. The molecule has 0 aromatic heterocycles. The Bertz CT molecular complexity index is 673. The molecule has 134 valence electrons. The second-order valence-corrected chi connectivity index (χ2v) is 6.71. The fourth-order valence-electron chi connectivity index (χ4n) is 3.11. The van der Waals surface area contributed by atoms with Crippen LogP contribution in [0, 0.1) is 33.3 Å². The third kappa shape index (κ3) is 4.92. The number of nitro benzene ring substituents is 1. The molecule has 1 N–H and O–H groups in total. The summed E-state index contributed by atoms with van der Waals surface area (Å²) >= 11 is 0. The average molecular weight is 345 g/mol. The number of hydrogen-bond donors (Lipinski definition) is 1. The lowest BCUT2D eigenvalue weighted by atomic mass is 9.82. The minimum Gasteiger partial charge on any atom is -0.492 e. The molecular formula is C18H23N3O4. The van der Waals surface area contributed by atoms with Crippen molar-refractivity contribution in [2.45, 2.75) is 45.6 Å². The lowest BCUT2D eigenvalue weighted by molar-refractivity contribution is -0.385. The van der Waals surface area contributed by atoms with Gasteiger partial charge in [-0.25, -0.2) is 0 Å². The zero-order valence-electron chi connectivity index (χ0n) is 14.5. The molecule has 25 heavy (non-hydrogen) atoms. The molecule has 1 saturated carbocycles. The molecule has 2 rings (SSSR count). The van der Waals surface area contributed by atoms with Gasteiger partial charge in [0.15, 0.2) is 5.56 Å². The smallest absolute Gasteiger partial charge is 0.290 e. The number of nitrogens with one attached hydrogen (secondary N) is 1. The number of nitrogens with zero attached hydrogens (tertiary/aromatic N) is 2. The standard InChI is InChI=1S/C18H23N3O4/c1-12(2)20-18(22)14-8-6-13(7-9-14)11-25-17-5-3-4-16(21(23)24)15(17)10-19/h3-5,12-14H,6-9,11H2,1-2H3,(H,20,22). The lowest BCUT2D eigenvalue weighted by Gasteiger charge is -2.28. The normalized spacial score (nSPS) is 19.9. The molecule has 0 aliphatic heterocycles. The first-order chi connectivity index (χ1) is 11.9. The lowest BCUT2D eigenvalue weighted by Crippen LogP contribution is -2.37. The molecule has 0 saturated heterocycles. The molecule has 0 spiro atoms. The first kappa shape index (κ1) is 18.7. The Morgan fingerprint density at radius 2 is 2.08 bits per heavy atom. The van der Waals surface area contributed by atoms with Gasteiger partial charge < -0.3 is 10.1 Å². The van der Waals surface area contributed by atoms with Crippen LogP contribution in [0.2, 0.25) is 0 Å². The summed E-state index contributed by atoms with van der Waals surface area (Å²) in [6.07, 6.45) is 3.36. The molecule has 0 unspecified atom stereocenters. The number of nitro groups is 1. The number of carbonyl (C=O) groups is 1. The van der Waals surface area contributed by atoms with Gasteiger partial charge in [0.1, 0.15) is 11.8 Å². The van der Waals surface area contributed by atoms with Gasteiger partial charge in [-0.15, -0.1) is 0 Å². The van der Waals surface area contributed by atoms with Crippen LogP contribution >= 0.6 is 0 Å². The van der Waals surface area contributed by atoms with E-state index in [9.17, 15) is 20.2 Å². The molecule has 0 radical (unpaired) electrons. The molecule has 1 aromatic rings. The summed E-state index contributed by atoms with van der Waals surface area (Å²) in [5.74, 6) is 0.691. The topological polar surface area (TPSA) is 105 Å². The van der Waals surface area contributed by atoms with Gasteiger partial charge in [-0.1, -0.05) is 6.07 Å². The summed E-state index contributed by atoms with van der Waals surface area (Å²) in [7, 11) is 0. The van der Waals surface area contributed by atoms with Crippen molar-refractivity contribution in [3.8, 4) is 11.8 Å². The first-order valence-electron chi connectivity index (χ1n) is 8.53. The van der Waals surface area contributed by atoms with Crippen molar-refractivity contribution < 1.29 is 14.5 Å². The maximum Gasteiger partial charge on any atom is 0.290 e. The highest BCUT2D eigenvalue weighted by Crippen LogP contribution is 2.31. The summed E-state index contributed by atoms with van der Waals surface area (Å²) < 4.78 is 5.69. The van der Waals surface area contributed by atoms with E-state index in [4.69, 9.17) is 4.74 Å². The fourth-order valence-corrected chi connectivity index (χ4v) is 3.11. The number of amides is 1. The number of carbonyl (C=O) groups excluding carboxylic acids is 1. The maximum atomic E-state index is 12.0. The molecule has 1 amide bonds. The van der Waals surface area contributed by atoms with Crippen molar-refractivity contribution in [1.29, 1.82) is 5.26 Å². The van der Waals surface area contributed by atoms with Gasteiger partial charge in [-0.3, -0.25) is 14.9 Å². The highest BCUT2D eigenvalue weighted by Gasteiger charge is 2.27. The van der Waals surface area contributed by atoms with Crippen molar-refractivity contribution in [3.63, 3.8) is 0 Å². The summed E-state index contributed by atoms with van der Waals surface area (Å²) in [6, 6.07) is 6.39. The van der Waals surface area contributed by atoms with Crippen molar-refractivity contribution in [2.75, 3.05) is 6.61 Å². The third-order valence-corrected chi connectivity index (χ3v) is 4.44. The van der Waals surface area contributed by atoms with Crippen molar-refractivity contribution in [3.05, 3.63) is 33.9 Å². The van der Waals surface area contributed by atoms with Gasteiger partial charge in [-0.2, -0.15) is 5.26 Å². The Morgan fingerprint density at radius 3 is 2.64 bits per heavy atom. The van der Waals surface area contributed by atoms with E-state index in [1.54, 1.807) is 6.07 Å². The number of ether oxygens (including phenoxy) is 1. The second kappa shape index (κ2) is 8.47. The van der Waals surface area contributed by atoms with E-state index in [1.165, 1.54) is 12.1 Å². The van der Waals surface area contributed by atoms with E-state index in [0.29, 0.717) is 6.61 Å². The SMILES string of the molecule is CC(C)NC(=O)C1CCC(COc2cccc([N+](=O)[O-])c2C#N)CC1. The predicted octanol–water partition coefficient (Wildman–Crippen LogP) is 3.18. The second-order valence-electron chi connectivity index (χ2n) is 6.71. The predicted molar refractivity (Wildman–Crippen MR) is 92.0 cm³/mol. The summed E-state index contributed by atoms with van der Waals surface area (Å²) in [4.78, 5) is 22.4. The zero-order chi connectivity index (χ0) is 18.4. The Hall–Kier alpha value is -2.62. The number of benzene rings is 1. The molecule has 0 atom stereocenters. The summed E-state index contributed by atoms with van der Waals surface area (Å²) in [5, 5.41) is 23.1. The average Bonchev–Trinajstić information content (AvgIpc) is 2.59. The summed E-state index contributed by atoms with van der Waals surface area (Å²) in [6.45, 7) is 4.29.